The molecule has 1 amide bonds. The quantitative estimate of drug-likeness (QED) is 0.835. The Bertz CT molecular complexity index is 755. The van der Waals surface area contributed by atoms with E-state index in [1.54, 1.807) is 7.11 Å². The van der Waals surface area contributed by atoms with E-state index < -0.39 is 0 Å². The van der Waals surface area contributed by atoms with Gasteiger partial charge in [0.2, 0.25) is 5.91 Å². The second-order valence-corrected chi connectivity index (χ2v) is 6.35. The van der Waals surface area contributed by atoms with E-state index >= 15 is 0 Å². The van der Waals surface area contributed by atoms with Crippen LogP contribution >= 0.6 is 0 Å². The fraction of sp³-hybridized carbons (Fsp3) is 0.400. The number of aromatic nitrogens is 1. The Hall–Kier alpha value is -2.56. The maximum Gasteiger partial charge on any atom is 0.223 e. The van der Waals surface area contributed by atoms with Gasteiger partial charge in [-0.2, -0.15) is 0 Å². The second kappa shape index (κ2) is 7.55. The zero-order valence-corrected chi connectivity index (χ0v) is 15.0. The Morgan fingerprint density at radius 3 is 2.60 bits per heavy atom. The second-order valence-electron chi connectivity index (χ2n) is 6.35. The molecule has 1 aromatic carbocycles. The van der Waals surface area contributed by atoms with Crippen LogP contribution in [0.4, 0.5) is 0 Å². The number of aryl methyl sites for hydroxylation is 2. The van der Waals surface area contributed by atoms with Crippen LogP contribution in [0.25, 0.3) is 5.57 Å². The van der Waals surface area contributed by atoms with Crippen LogP contribution in [0.2, 0.25) is 0 Å². The van der Waals surface area contributed by atoms with Gasteiger partial charge in [0.05, 0.1) is 12.8 Å². The maximum atomic E-state index is 12.5. The Morgan fingerprint density at radius 1 is 1.28 bits per heavy atom. The number of carbonyl (C=O) groups excluding carboxylic acids is 1. The van der Waals surface area contributed by atoms with Crippen LogP contribution in [-0.4, -0.2) is 36.2 Å². The zero-order chi connectivity index (χ0) is 17.8. The summed E-state index contributed by atoms with van der Waals surface area (Å²) in [5.41, 5.74) is 4.42. The number of nitrogens with zero attached hydrogens (tertiary/aromatic N) is 2. The summed E-state index contributed by atoms with van der Waals surface area (Å²) in [4.78, 5) is 14.4. The van der Waals surface area contributed by atoms with Crippen molar-refractivity contribution in [1.82, 2.24) is 10.1 Å². The first-order chi connectivity index (χ1) is 12.1. The molecule has 1 aromatic heterocycles. The Morgan fingerprint density at radius 2 is 2.04 bits per heavy atom. The molecule has 0 spiro atoms. The SMILES string of the molecule is COc1ccc(C2=CCN(C(=O)CCc3c(C)noc3C)CC2)cc1. The van der Waals surface area contributed by atoms with Crippen LogP contribution < -0.4 is 4.74 Å². The molecule has 0 atom stereocenters. The molecule has 0 radical (unpaired) electrons. The lowest BCUT2D eigenvalue weighted by Crippen LogP contribution is -2.34. The molecule has 0 saturated carbocycles. The molecule has 0 bridgehead atoms. The van der Waals surface area contributed by atoms with Gasteiger partial charge in [0, 0.05) is 25.1 Å². The van der Waals surface area contributed by atoms with Gasteiger partial charge in [-0.05, 0) is 50.0 Å². The zero-order valence-electron chi connectivity index (χ0n) is 15.0. The first kappa shape index (κ1) is 17.3. The predicted octanol–water partition coefficient (Wildman–Crippen LogP) is 3.55. The standard InChI is InChI=1S/C20H24N2O3/c1-14-19(15(2)25-21-14)8-9-20(23)22-12-10-17(11-13-22)16-4-6-18(24-3)7-5-16/h4-7,10H,8-9,11-13H2,1-3H3. The lowest BCUT2D eigenvalue weighted by Gasteiger charge is -2.27. The summed E-state index contributed by atoms with van der Waals surface area (Å²) >= 11 is 0. The molecule has 1 aliphatic rings. The van der Waals surface area contributed by atoms with Crippen LogP contribution in [0.5, 0.6) is 5.75 Å². The van der Waals surface area contributed by atoms with Crippen LogP contribution in [0.1, 0.15) is 35.4 Å². The van der Waals surface area contributed by atoms with Crippen molar-refractivity contribution in [2.24, 2.45) is 0 Å². The van der Waals surface area contributed by atoms with E-state index in [0.29, 0.717) is 19.4 Å². The van der Waals surface area contributed by atoms with E-state index in [9.17, 15) is 4.79 Å². The molecule has 25 heavy (non-hydrogen) atoms. The number of hydrogen-bond donors (Lipinski definition) is 0. The Balaban J connectivity index is 1.57. The topological polar surface area (TPSA) is 55.6 Å². The molecular weight excluding hydrogens is 316 g/mol. The van der Waals surface area contributed by atoms with Gasteiger partial charge in [-0.3, -0.25) is 4.79 Å². The number of rotatable bonds is 5. The molecule has 5 nitrogen and oxygen atoms in total. The highest BCUT2D eigenvalue weighted by Crippen LogP contribution is 2.25. The van der Waals surface area contributed by atoms with Crippen molar-refractivity contribution in [2.75, 3.05) is 20.2 Å². The highest BCUT2D eigenvalue weighted by atomic mass is 16.5. The van der Waals surface area contributed by atoms with Crippen LogP contribution in [0.3, 0.4) is 0 Å². The van der Waals surface area contributed by atoms with Crippen molar-refractivity contribution in [3.05, 3.63) is 52.9 Å². The molecule has 0 saturated heterocycles. The monoisotopic (exact) mass is 340 g/mol. The minimum atomic E-state index is 0.185. The van der Waals surface area contributed by atoms with Gasteiger partial charge in [-0.15, -0.1) is 0 Å². The Labute approximate surface area is 148 Å². The highest BCUT2D eigenvalue weighted by Gasteiger charge is 2.19. The number of amides is 1. The molecule has 0 fully saturated rings. The number of methoxy groups -OCH3 is 1. The van der Waals surface area contributed by atoms with Gasteiger partial charge < -0.3 is 14.2 Å². The third-order valence-electron chi connectivity index (χ3n) is 4.79. The smallest absolute Gasteiger partial charge is 0.223 e. The van der Waals surface area contributed by atoms with E-state index in [0.717, 1.165) is 35.7 Å². The largest absolute Gasteiger partial charge is 0.497 e. The molecule has 0 unspecified atom stereocenters. The third kappa shape index (κ3) is 3.92. The van der Waals surface area contributed by atoms with Crippen molar-refractivity contribution in [3.8, 4) is 5.75 Å². The van der Waals surface area contributed by atoms with E-state index in [2.05, 4.69) is 23.4 Å². The molecule has 0 aliphatic carbocycles. The normalized spacial score (nSPS) is 14.4. The minimum Gasteiger partial charge on any atom is -0.497 e. The summed E-state index contributed by atoms with van der Waals surface area (Å²) < 4.78 is 10.4. The highest BCUT2D eigenvalue weighted by molar-refractivity contribution is 5.78. The van der Waals surface area contributed by atoms with Gasteiger partial charge in [0.15, 0.2) is 0 Å². The average Bonchev–Trinajstić information content (AvgIpc) is 2.98. The van der Waals surface area contributed by atoms with Gasteiger partial charge in [0.1, 0.15) is 11.5 Å². The maximum absolute atomic E-state index is 12.5. The van der Waals surface area contributed by atoms with Crippen molar-refractivity contribution in [3.63, 3.8) is 0 Å². The fourth-order valence-electron chi connectivity index (χ4n) is 3.21. The summed E-state index contributed by atoms with van der Waals surface area (Å²) in [6, 6.07) is 8.08. The molecule has 1 aliphatic heterocycles. The average molecular weight is 340 g/mol. The van der Waals surface area contributed by atoms with E-state index in [1.165, 1.54) is 11.1 Å². The number of benzene rings is 1. The van der Waals surface area contributed by atoms with Crippen LogP contribution in [0.15, 0.2) is 34.9 Å². The van der Waals surface area contributed by atoms with Gasteiger partial charge in [-0.25, -0.2) is 0 Å². The first-order valence-corrected chi connectivity index (χ1v) is 8.61. The summed E-state index contributed by atoms with van der Waals surface area (Å²) in [6.45, 7) is 5.24. The summed E-state index contributed by atoms with van der Waals surface area (Å²) in [5.74, 6) is 1.85. The van der Waals surface area contributed by atoms with Crippen molar-refractivity contribution >= 4 is 11.5 Å². The third-order valence-corrected chi connectivity index (χ3v) is 4.79. The fourth-order valence-corrected chi connectivity index (χ4v) is 3.21. The molecule has 2 aromatic rings. The number of hydrogen-bond acceptors (Lipinski definition) is 4. The van der Waals surface area contributed by atoms with Crippen LogP contribution in [0, 0.1) is 13.8 Å². The lowest BCUT2D eigenvalue weighted by molar-refractivity contribution is -0.130. The molecule has 2 heterocycles. The summed E-state index contributed by atoms with van der Waals surface area (Å²) in [6.07, 6.45) is 4.21. The lowest BCUT2D eigenvalue weighted by atomic mass is 9.99. The number of ether oxygens (including phenoxy) is 1. The summed E-state index contributed by atoms with van der Waals surface area (Å²) in [7, 11) is 1.67. The molecule has 5 heteroatoms. The van der Waals surface area contributed by atoms with E-state index in [-0.39, 0.29) is 5.91 Å². The first-order valence-electron chi connectivity index (χ1n) is 8.61. The summed E-state index contributed by atoms with van der Waals surface area (Å²) in [5, 5.41) is 3.94. The van der Waals surface area contributed by atoms with Crippen molar-refractivity contribution in [1.29, 1.82) is 0 Å². The van der Waals surface area contributed by atoms with Crippen molar-refractivity contribution in [2.45, 2.75) is 33.1 Å². The van der Waals surface area contributed by atoms with Gasteiger partial charge >= 0.3 is 0 Å². The molecule has 0 N–H and O–H groups in total. The minimum absolute atomic E-state index is 0.185. The Kier molecular flexibility index (Phi) is 5.22. The van der Waals surface area contributed by atoms with Crippen LogP contribution in [-0.2, 0) is 11.2 Å². The van der Waals surface area contributed by atoms with E-state index in [4.69, 9.17) is 9.26 Å². The van der Waals surface area contributed by atoms with E-state index in [1.807, 2.05) is 30.9 Å². The predicted molar refractivity (Wildman–Crippen MR) is 96.5 cm³/mol. The van der Waals surface area contributed by atoms with Crippen molar-refractivity contribution < 1.29 is 14.1 Å². The van der Waals surface area contributed by atoms with Gasteiger partial charge in [-0.1, -0.05) is 23.4 Å². The molecule has 3 rings (SSSR count). The van der Waals surface area contributed by atoms with Gasteiger partial charge in [0.25, 0.3) is 0 Å². The molecular formula is C20H24N2O3. The molecule has 132 valence electrons. The number of carbonyl (C=O) groups is 1.